The van der Waals surface area contributed by atoms with Gasteiger partial charge in [-0.15, -0.1) is 0 Å². The van der Waals surface area contributed by atoms with E-state index < -0.39 is 0 Å². The molecule has 0 spiro atoms. The third-order valence-corrected chi connectivity index (χ3v) is 6.92. The molecule has 0 bridgehead atoms. The van der Waals surface area contributed by atoms with Crippen LogP contribution < -0.4 is 5.56 Å². The van der Waals surface area contributed by atoms with Gasteiger partial charge in [0.15, 0.2) is 0 Å². The highest BCUT2D eigenvalue weighted by atomic mass is 16.5. The third-order valence-electron chi connectivity index (χ3n) is 6.92. The molecule has 174 valence electrons. The number of fused-ring (bicyclic) bond motifs is 1. The first-order valence-corrected chi connectivity index (χ1v) is 11.9. The highest BCUT2D eigenvalue weighted by molar-refractivity contribution is 5.97. The minimum atomic E-state index is -0.354. The second-order valence-electron chi connectivity index (χ2n) is 9.43. The number of aromatic amines is 1. The maximum absolute atomic E-state index is 13.6. The Morgan fingerprint density at radius 2 is 1.94 bits per heavy atom. The van der Waals surface area contributed by atoms with Gasteiger partial charge in [-0.1, -0.05) is 25.1 Å². The van der Waals surface area contributed by atoms with Crippen molar-refractivity contribution in [3.8, 4) is 0 Å². The van der Waals surface area contributed by atoms with E-state index in [2.05, 4.69) is 9.88 Å². The standard InChI is InChI=1S/C25H35N3O4/c1-18(17-29)15-28(21-6-10-27(11-7-21)16-19-8-12-32-13-9-19)25(31)22-14-20-4-2-3-5-23(20)26-24(22)30/h2-5,14,18-19,21,29H,6-13,15-17H2,1H3,(H,26,30). The number of amides is 1. The number of aromatic nitrogens is 1. The van der Waals surface area contributed by atoms with Crippen LogP contribution in [-0.4, -0.2) is 77.8 Å². The Balaban J connectivity index is 1.48. The number of likely N-dealkylation sites (tertiary alicyclic amines) is 1. The zero-order valence-electron chi connectivity index (χ0n) is 19.0. The van der Waals surface area contributed by atoms with Crippen molar-refractivity contribution in [3.05, 3.63) is 46.2 Å². The minimum absolute atomic E-state index is 0.0143. The van der Waals surface area contributed by atoms with Crippen LogP contribution in [0.3, 0.4) is 0 Å². The number of nitrogens with one attached hydrogen (secondary N) is 1. The van der Waals surface area contributed by atoms with Gasteiger partial charge in [-0.2, -0.15) is 0 Å². The predicted molar refractivity (Wildman–Crippen MR) is 125 cm³/mol. The number of carbonyl (C=O) groups is 1. The smallest absolute Gasteiger partial charge is 0.261 e. The number of pyridine rings is 1. The first-order valence-electron chi connectivity index (χ1n) is 11.9. The summed E-state index contributed by atoms with van der Waals surface area (Å²) < 4.78 is 5.48. The lowest BCUT2D eigenvalue weighted by Gasteiger charge is -2.40. The molecular weight excluding hydrogens is 406 g/mol. The second kappa shape index (κ2) is 10.6. The fraction of sp³-hybridized carbons (Fsp3) is 0.600. The van der Waals surface area contributed by atoms with Gasteiger partial charge in [0, 0.05) is 57.6 Å². The molecule has 0 radical (unpaired) electrons. The average molecular weight is 442 g/mol. The summed E-state index contributed by atoms with van der Waals surface area (Å²) in [6.07, 6.45) is 4.03. The van der Waals surface area contributed by atoms with Crippen molar-refractivity contribution in [1.82, 2.24) is 14.8 Å². The molecule has 4 rings (SSSR count). The van der Waals surface area contributed by atoms with E-state index in [1.807, 2.05) is 36.1 Å². The van der Waals surface area contributed by atoms with Crippen LogP contribution in [-0.2, 0) is 4.74 Å². The van der Waals surface area contributed by atoms with Crippen molar-refractivity contribution in [2.75, 3.05) is 46.0 Å². The topological polar surface area (TPSA) is 85.9 Å². The molecule has 7 heteroatoms. The largest absolute Gasteiger partial charge is 0.396 e. The summed E-state index contributed by atoms with van der Waals surface area (Å²) in [6, 6.07) is 9.28. The van der Waals surface area contributed by atoms with Crippen LogP contribution in [0.4, 0.5) is 0 Å². The molecular formula is C25H35N3O4. The number of aliphatic hydroxyl groups is 1. The van der Waals surface area contributed by atoms with Crippen LogP contribution in [0.2, 0.25) is 0 Å². The van der Waals surface area contributed by atoms with Gasteiger partial charge in [-0.05, 0) is 55.0 Å². The van der Waals surface area contributed by atoms with Gasteiger partial charge in [0.1, 0.15) is 5.56 Å². The van der Waals surface area contributed by atoms with Crippen LogP contribution in [0, 0.1) is 11.8 Å². The molecule has 0 aliphatic carbocycles. The number of nitrogens with zero attached hydrogens (tertiary/aromatic N) is 2. The number of rotatable bonds is 7. The number of hydrogen-bond donors (Lipinski definition) is 2. The lowest BCUT2D eigenvalue weighted by molar-refractivity contribution is 0.0344. The fourth-order valence-corrected chi connectivity index (χ4v) is 4.96. The molecule has 1 atom stereocenters. The molecule has 1 amide bonds. The number of para-hydroxylation sites is 1. The van der Waals surface area contributed by atoms with E-state index >= 15 is 0 Å². The Bertz CT molecular complexity index is 961. The molecule has 7 nitrogen and oxygen atoms in total. The maximum Gasteiger partial charge on any atom is 0.261 e. The first kappa shape index (κ1) is 23.0. The van der Waals surface area contributed by atoms with Gasteiger partial charge in [0.25, 0.3) is 11.5 Å². The van der Waals surface area contributed by atoms with Gasteiger partial charge >= 0.3 is 0 Å². The number of H-pyrrole nitrogens is 1. The lowest BCUT2D eigenvalue weighted by Crippen LogP contribution is -2.50. The number of ether oxygens (including phenoxy) is 1. The van der Waals surface area contributed by atoms with Crippen molar-refractivity contribution in [2.45, 2.75) is 38.6 Å². The van der Waals surface area contributed by atoms with E-state index in [1.54, 1.807) is 6.07 Å². The van der Waals surface area contributed by atoms with Gasteiger partial charge in [-0.25, -0.2) is 0 Å². The number of aliphatic hydroxyl groups excluding tert-OH is 1. The Labute approximate surface area is 189 Å². The molecule has 0 saturated carbocycles. The van der Waals surface area contributed by atoms with Crippen molar-refractivity contribution in [1.29, 1.82) is 0 Å². The third kappa shape index (κ3) is 5.39. The summed E-state index contributed by atoms with van der Waals surface area (Å²) in [7, 11) is 0. The Morgan fingerprint density at radius 3 is 2.66 bits per heavy atom. The number of benzene rings is 1. The van der Waals surface area contributed by atoms with E-state index in [9.17, 15) is 14.7 Å². The van der Waals surface area contributed by atoms with Crippen molar-refractivity contribution in [2.24, 2.45) is 11.8 Å². The molecule has 2 aromatic rings. The van der Waals surface area contributed by atoms with Gasteiger partial charge in [0.2, 0.25) is 0 Å². The quantitative estimate of drug-likeness (QED) is 0.690. The fourth-order valence-electron chi connectivity index (χ4n) is 4.96. The van der Waals surface area contributed by atoms with Crippen LogP contribution in [0.5, 0.6) is 0 Å². The first-order chi connectivity index (χ1) is 15.5. The summed E-state index contributed by atoms with van der Waals surface area (Å²) in [5.41, 5.74) is 0.552. The van der Waals surface area contributed by atoms with Crippen LogP contribution in [0.15, 0.2) is 35.1 Å². The number of piperidine rings is 1. The summed E-state index contributed by atoms with van der Waals surface area (Å²) >= 11 is 0. The van der Waals surface area contributed by atoms with Crippen LogP contribution in [0.1, 0.15) is 43.0 Å². The summed E-state index contributed by atoms with van der Waals surface area (Å²) in [5.74, 6) is 0.419. The molecule has 1 aromatic carbocycles. The van der Waals surface area contributed by atoms with Crippen LogP contribution >= 0.6 is 0 Å². The Hall–Kier alpha value is -2.22. The molecule has 2 fully saturated rings. The summed E-state index contributed by atoms with van der Waals surface area (Å²) in [6.45, 7) is 7.13. The maximum atomic E-state index is 13.6. The average Bonchev–Trinajstić information content (AvgIpc) is 2.83. The van der Waals surface area contributed by atoms with Gasteiger partial charge in [-0.3, -0.25) is 9.59 Å². The van der Waals surface area contributed by atoms with E-state index in [1.165, 1.54) is 0 Å². The zero-order chi connectivity index (χ0) is 22.5. The van der Waals surface area contributed by atoms with E-state index in [-0.39, 0.29) is 35.6 Å². The van der Waals surface area contributed by atoms with Crippen molar-refractivity contribution in [3.63, 3.8) is 0 Å². The molecule has 1 aromatic heterocycles. The van der Waals surface area contributed by atoms with Crippen molar-refractivity contribution >= 4 is 16.8 Å². The van der Waals surface area contributed by atoms with Gasteiger partial charge in [0.05, 0.1) is 0 Å². The minimum Gasteiger partial charge on any atom is -0.396 e. The molecule has 3 heterocycles. The molecule has 2 N–H and O–H groups in total. The van der Waals surface area contributed by atoms with Gasteiger partial charge < -0.3 is 24.6 Å². The number of hydrogen-bond acceptors (Lipinski definition) is 5. The summed E-state index contributed by atoms with van der Waals surface area (Å²) in [4.78, 5) is 33.5. The second-order valence-corrected chi connectivity index (χ2v) is 9.43. The predicted octanol–water partition coefficient (Wildman–Crippen LogP) is 2.49. The summed E-state index contributed by atoms with van der Waals surface area (Å²) in [5, 5.41) is 10.5. The van der Waals surface area contributed by atoms with Crippen LogP contribution in [0.25, 0.3) is 10.9 Å². The van der Waals surface area contributed by atoms with Crippen molar-refractivity contribution < 1.29 is 14.6 Å². The SMILES string of the molecule is CC(CO)CN(C(=O)c1cc2ccccc2[nH]c1=O)C1CCN(CC2CCOCC2)CC1. The molecule has 32 heavy (non-hydrogen) atoms. The Kier molecular flexibility index (Phi) is 7.60. The highest BCUT2D eigenvalue weighted by Crippen LogP contribution is 2.23. The normalized spacial score (nSPS) is 19.8. The lowest BCUT2D eigenvalue weighted by atomic mass is 9.96. The monoisotopic (exact) mass is 441 g/mol. The Morgan fingerprint density at radius 1 is 1.22 bits per heavy atom. The number of carbonyl (C=O) groups excluding carboxylic acids is 1. The molecule has 2 aliphatic rings. The van der Waals surface area contributed by atoms with E-state index in [0.29, 0.717) is 12.5 Å². The molecule has 1 unspecified atom stereocenters. The van der Waals surface area contributed by atoms with E-state index in [4.69, 9.17) is 4.74 Å². The molecule has 2 saturated heterocycles. The molecule has 2 aliphatic heterocycles. The highest BCUT2D eigenvalue weighted by Gasteiger charge is 2.31. The van der Waals surface area contributed by atoms with E-state index in [0.717, 1.165) is 69.4 Å². The zero-order valence-corrected chi connectivity index (χ0v) is 19.0.